The number of fused-ring (bicyclic) bond motifs is 1. The molecule has 0 saturated heterocycles. The summed E-state index contributed by atoms with van der Waals surface area (Å²) in [4.78, 5) is 34.3. The number of nitrogens with one attached hydrogen (secondary N) is 1. The van der Waals surface area contributed by atoms with Crippen molar-refractivity contribution in [2.75, 3.05) is 13.2 Å². The smallest absolute Gasteiger partial charge is 0.344 e. The number of amides is 1. The van der Waals surface area contributed by atoms with Gasteiger partial charge in [-0.15, -0.1) is 0 Å². The van der Waals surface area contributed by atoms with Crippen molar-refractivity contribution in [2.24, 2.45) is 0 Å². The summed E-state index contributed by atoms with van der Waals surface area (Å²) in [5.41, 5.74) is 0.694. The quantitative estimate of drug-likeness (QED) is 0.347. The van der Waals surface area contributed by atoms with Crippen molar-refractivity contribution < 1.29 is 24.0 Å². The summed E-state index contributed by atoms with van der Waals surface area (Å²) in [6.45, 7) is 0.824. The monoisotopic (exact) mass is 408 g/mol. The van der Waals surface area contributed by atoms with E-state index in [2.05, 4.69) is 5.32 Å². The number of nitrogens with zero attached hydrogens (tertiary/aromatic N) is 1. The number of hydrogen-bond acceptors (Lipinski definition) is 6. The van der Waals surface area contributed by atoms with Crippen molar-refractivity contribution in [3.05, 3.63) is 82.4 Å². The van der Waals surface area contributed by atoms with Crippen molar-refractivity contribution in [3.63, 3.8) is 0 Å². The lowest BCUT2D eigenvalue weighted by molar-refractivity contribution is -0.385. The molecule has 1 amide bonds. The van der Waals surface area contributed by atoms with Crippen molar-refractivity contribution in [3.8, 4) is 5.75 Å². The predicted octanol–water partition coefficient (Wildman–Crippen LogP) is 3.55. The first-order valence-electron chi connectivity index (χ1n) is 9.24. The van der Waals surface area contributed by atoms with E-state index in [4.69, 9.17) is 9.47 Å². The topological polar surface area (TPSA) is 108 Å². The van der Waals surface area contributed by atoms with E-state index in [-0.39, 0.29) is 17.5 Å². The number of rotatable bonds is 8. The highest BCUT2D eigenvalue weighted by Gasteiger charge is 2.17. The van der Waals surface area contributed by atoms with E-state index >= 15 is 0 Å². The maximum atomic E-state index is 12.2. The van der Waals surface area contributed by atoms with Crippen LogP contribution in [0.5, 0.6) is 5.75 Å². The van der Waals surface area contributed by atoms with Crippen LogP contribution in [0.15, 0.2) is 66.7 Å². The van der Waals surface area contributed by atoms with Crippen LogP contribution in [0.4, 0.5) is 5.69 Å². The minimum atomic E-state index is -0.805. The second-order valence-corrected chi connectivity index (χ2v) is 6.53. The average molecular weight is 408 g/mol. The molecule has 3 aromatic rings. The van der Waals surface area contributed by atoms with Gasteiger partial charge in [-0.25, -0.2) is 4.79 Å². The van der Waals surface area contributed by atoms with Crippen molar-refractivity contribution in [1.29, 1.82) is 0 Å². The van der Waals surface area contributed by atoms with Crippen LogP contribution in [-0.2, 0) is 14.3 Å². The molecule has 3 aromatic carbocycles. The molecule has 0 heterocycles. The normalized spacial score (nSPS) is 11.5. The van der Waals surface area contributed by atoms with Crippen LogP contribution in [-0.4, -0.2) is 30.0 Å². The Balaban J connectivity index is 1.51. The SMILES string of the molecule is C[C@H](NC(=O)COC(=O)COc1ccccc1[N+](=O)[O-])c1cccc2ccccc12. The van der Waals surface area contributed by atoms with E-state index in [9.17, 15) is 19.7 Å². The largest absolute Gasteiger partial charge is 0.475 e. The van der Waals surface area contributed by atoms with Gasteiger partial charge in [0, 0.05) is 6.07 Å². The minimum Gasteiger partial charge on any atom is -0.475 e. The second kappa shape index (κ2) is 9.51. The number of carbonyl (C=O) groups is 2. The Morgan fingerprint density at radius 3 is 2.50 bits per heavy atom. The summed E-state index contributed by atoms with van der Waals surface area (Å²) in [6, 6.07) is 19.1. The van der Waals surface area contributed by atoms with E-state index in [1.54, 1.807) is 6.07 Å². The molecule has 3 rings (SSSR count). The van der Waals surface area contributed by atoms with E-state index < -0.39 is 30.0 Å². The Hall–Kier alpha value is -3.94. The molecule has 1 atom stereocenters. The lowest BCUT2D eigenvalue weighted by atomic mass is 10.00. The van der Waals surface area contributed by atoms with Crippen molar-refractivity contribution in [1.82, 2.24) is 5.32 Å². The van der Waals surface area contributed by atoms with Gasteiger partial charge in [-0.1, -0.05) is 54.6 Å². The fraction of sp³-hybridized carbons (Fsp3) is 0.182. The van der Waals surface area contributed by atoms with E-state index in [1.807, 2.05) is 49.4 Å². The third-order valence-electron chi connectivity index (χ3n) is 4.44. The number of ether oxygens (including phenoxy) is 2. The van der Waals surface area contributed by atoms with E-state index in [0.29, 0.717) is 0 Å². The van der Waals surface area contributed by atoms with E-state index in [1.165, 1.54) is 18.2 Å². The first-order chi connectivity index (χ1) is 14.5. The lowest BCUT2D eigenvalue weighted by Gasteiger charge is -2.16. The molecule has 1 N–H and O–H groups in total. The van der Waals surface area contributed by atoms with Crippen LogP contribution in [0.2, 0.25) is 0 Å². The number of hydrogen-bond donors (Lipinski definition) is 1. The molecule has 0 aliphatic rings. The molecule has 0 radical (unpaired) electrons. The van der Waals surface area contributed by atoms with E-state index in [0.717, 1.165) is 16.3 Å². The molecule has 0 unspecified atom stereocenters. The second-order valence-electron chi connectivity index (χ2n) is 6.53. The van der Waals surface area contributed by atoms with Gasteiger partial charge in [0.15, 0.2) is 19.0 Å². The number of nitro groups is 1. The average Bonchev–Trinajstić information content (AvgIpc) is 2.75. The number of nitro benzene ring substituents is 1. The molecule has 0 spiro atoms. The zero-order valence-corrected chi connectivity index (χ0v) is 16.2. The third kappa shape index (κ3) is 5.11. The summed E-state index contributed by atoms with van der Waals surface area (Å²) in [7, 11) is 0. The van der Waals surface area contributed by atoms with Gasteiger partial charge in [0.2, 0.25) is 0 Å². The molecule has 30 heavy (non-hydrogen) atoms. The lowest BCUT2D eigenvalue weighted by Crippen LogP contribution is -2.32. The summed E-state index contributed by atoms with van der Waals surface area (Å²) < 4.78 is 10.0. The number of benzene rings is 3. The Kier molecular flexibility index (Phi) is 6.59. The fourth-order valence-electron chi connectivity index (χ4n) is 3.04. The maximum Gasteiger partial charge on any atom is 0.344 e. The summed E-state index contributed by atoms with van der Waals surface area (Å²) in [6.07, 6.45) is 0. The van der Waals surface area contributed by atoms with Gasteiger partial charge in [0.1, 0.15) is 0 Å². The fourth-order valence-corrected chi connectivity index (χ4v) is 3.04. The molecule has 0 fully saturated rings. The van der Waals surface area contributed by atoms with Crippen LogP contribution in [0.1, 0.15) is 18.5 Å². The molecule has 0 saturated carbocycles. The molecule has 0 bridgehead atoms. The number of carbonyl (C=O) groups excluding carboxylic acids is 2. The van der Waals surface area contributed by atoms with Crippen LogP contribution in [0, 0.1) is 10.1 Å². The number of esters is 1. The Labute approximate surface area is 172 Å². The van der Waals surface area contributed by atoms with Gasteiger partial charge in [-0.2, -0.15) is 0 Å². The minimum absolute atomic E-state index is 0.0477. The summed E-state index contributed by atoms with van der Waals surface area (Å²) >= 11 is 0. The molecular weight excluding hydrogens is 388 g/mol. The van der Waals surface area contributed by atoms with Gasteiger partial charge < -0.3 is 14.8 Å². The molecular formula is C22H20N2O6. The highest BCUT2D eigenvalue weighted by Crippen LogP contribution is 2.26. The standard InChI is InChI=1S/C22H20N2O6/c1-15(17-10-6-8-16-7-2-3-9-18(16)17)23-21(25)13-30-22(26)14-29-20-12-5-4-11-19(20)24(27)28/h2-12,15H,13-14H2,1H3,(H,23,25)/t15-/m0/s1. The third-order valence-corrected chi connectivity index (χ3v) is 4.44. The zero-order chi connectivity index (χ0) is 21.5. The van der Waals surface area contributed by atoms with Gasteiger partial charge in [0.05, 0.1) is 11.0 Å². The molecule has 0 aliphatic carbocycles. The molecule has 8 heteroatoms. The highest BCUT2D eigenvalue weighted by molar-refractivity contribution is 5.87. The maximum absolute atomic E-state index is 12.2. The predicted molar refractivity (Wildman–Crippen MR) is 110 cm³/mol. The first kappa shape index (κ1) is 20.8. The molecule has 8 nitrogen and oxygen atoms in total. The van der Waals surface area contributed by atoms with Gasteiger partial charge in [0.25, 0.3) is 5.91 Å². The van der Waals surface area contributed by atoms with Crippen molar-refractivity contribution >= 4 is 28.3 Å². The molecule has 0 aliphatic heterocycles. The van der Waals surface area contributed by atoms with Crippen molar-refractivity contribution in [2.45, 2.75) is 13.0 Å². The summed E-state index contributed by atoms with van der Waals surface area (Å²) in [5, 5.41) is 15.8. The number of para-hydroxylation sites is 2. The van der Waals surface area contributed by atoms with Gasteiger partial charge >= 0.3 is 11.7 Å². The molecule has 0 aromatic heterocycles. The summed E-state index contributed by atoms with van der Waals surface area (Å²) in [5.74, 6) is -1.32. The van der Waals surface area contributed by atoms with Gasteiger partial charge in [-0.3, -0.25) is 14.9 Å². The van der Waals surface area contributed by atoms with Crippen LogP contribution in [0.3, 0.4) is 0 Å². The van der Waals surface area contributed by atoms with Gasteiger partial charge in [-0.05, 0) is 29.3 Å². The Morgan fingerprint density at radius 1 is 1.00 bits per heavy atom. The highest BCUT2D eigenvalue weighted by atomic mass is 16.6. The van der Waals surface area contributed by atoms with Crippen LogP contribution in [0.25, 0.3) is 10.8 Å². The Bertz CT molecular complexity index is 1080. The Morgan fingerprint density at radius 2 is 1.70 bits per heavy atom. The molecule has 154 valence electrons. The van der Waals surface area contributed by atoms with Crippen LogP contribution >= 0.6 is 0 Å². The zero-order valence-electron chi connectivity index (χ0n) is 16.2. The van der Waals surface area contributed by atoms with Crippen LogP contribution < -0.4 is 10.1 Å². The first-order valence-corrected chi connectivity index (χ1v) is 9.24.